The van der Waals surface area contributed by atoms with E-state index in [0.717, 1.165) is 0 Å². The van der Waals surface area contributed by atoms with Gasteiger partial charge in [0.15, 0.2) is 0 Å². The van der Waals surface area contributed by atoms with Crippen LogP contribution in [0.4, 0.5) is 11.4 Å². The molecule has 0 aliphatic heterocycles. The fraction of sp³-hybridized carbons (Fsp3) is 0. The number of non-ortho nitro benzene ring substituents is 1. The molecule has 0 radical (unpaired) electrons. The normalized spacial score (nSPS) is 9.88. The highest BCUT2D eigenvalue weighted by Crippen LogP contribution is 2.27. The highest BCUT2D eigenvalue weighted by Gasteiger charge is 2.05. The molecule has 17 heavy (non-hydrogen) atoms. The largest absolute Gasteiger partial charge is 0.455 e. The maximum atomic E-state index is 10.5. The number of nitro benzene ring substituents is 1. The van der Waals surface area contributed by atoms with E-state index >= 15 is 0 Å². The lowest BCUT2D eigenvalue weighted by Crippen LogP contribution is -1.92. The van der Waals surface area contributed by atoms with E-state index in [-0.39, 0.29) is 5.69 Å². The molecule has 2 aromatic carbocycles. The van der Waals surface area contributed by atoms with Crippen LogP contribution in [-0.4, -0.2) is 4.92 Å². The van der Waals surface area contributed by atoms with Gasteiger partial charge in [-0.15, -0.1) is 0 Å². The van der Waals surface area contributed by atoms with Gasteiger partial charge in [0.25, 0.3) is 5.69 Å². The minimum absolute atomic E-state index is 0.0263. The quantitative estimate of drug-likeness (QED) is 0.499. The molecule has 86 valence electrons. The molecule has 5 nitrogen and oxygen atoms in total. The molecular weight excluding hydrogens is 220 g/mol. The second-order valence-corrected chi connectivity index (χ2v) is 3.39. The summed E-state index contributed by atoms with van der Waals surface area (Å²) in [5, 5.41) is 10.5. The highest BCUT2D eigenvalue weighted by atomic mass is 16.6. The van der Waals surface area contributed by atoms with E-state index in [2.05, 4.69) is 0 Å². The van der Waals surface area contributed by atoms with Gasteiger partial charge >= 0.3 is 0 Å². The number of rotatable bonds is 3. The van der Waals surface area contributed by atoms with Gasteiger partial charge in [-0.2, -0.15) is 0 Å². The lowest BCUT2D eigenvalue weighted by atomic mass is 10.3. The van der Waals surface area contributed by atoms with Crippen molar-refractivity contribution >= 4 is 11.4 Å². The highest BCUT2D eigenvalue weighted by molar-refractivity contribution is 5.53. The first-order valence-corrected chi connectivity index (χ1v) is 4.93. The molecule has 0 atom stereocenters. The molecule has 0 heterocycles. The molecule has 2 rings (SSSR count). The average molecular weight is 230 g/mol. The summed E-state index contributed by atoms with van der Waals surface area (Å²) in [7, 11) is 0. The molecule has 0 fully saturated rings. The van der Waals surface area contributed by atoms with Crippen molar-refractivity contribution < 1.29 is 9.66 Å². The average Bonchev–Trinajstić information content (AvgIpc) is 2.33. The Balaban J connectivity index is 2.20. The van der Waals surface area contributed by atoms with E-state index in [0.29, 0.717) is 17.2 Å². The molecule has 0 unspecified atom stereocenters. The van der Waals surface area contributed by atoms with E-state index in [9.17, 15) is 10.1 Å². The number of anilines is 1. The van der Waals surface area contributed by atoms with Crippen LogP contribution in [-0.2, 0) is 0 Å². The summed E-state index contributed by atoms with van der Waals surface area (Å²) in [6, 6.07) is 12.9. The standard InChI is InChI=1S/C12H10N2O3/c13-11-3-1-2-4-12(11)17-10-7-5-9(6-8-10)14(15)16/h1-8H,13H2. The molecule has 5 heteroatoms. The third-order valence-electron chi connectivity index (χ3n) is 2.19. The number of hydrogen-bond donors (Lipinski definition) is 1. The topological polar surface area (TPSA) is 78.4 Å². The van der Waals surface area contributed by atoms with Crippen LogP contribution in [0.2, 0.25) is 0 Å². The fourth-order valence-electron chi connectivity index (χ4n) is 1.34. The Bertz CT molecular complexity index is 538. The molecule has 0 aliphatic carbocycles. The third-order valence-corrected chi connectivity index (χ3v) is 2.19. The van der Waals surface area contributed by atoms with Crippen LogP contribution in [0.15, 0.2) is 48.5 Å². The van der Waals surface area contributed by atoms with E-state index in [4.69, 9.17) is 10.5 Å². The maximum Gasteiger partial charge on any atom is 0.269 e. The van der Waals surface area contributed by atoms with Crippen molar-refractivity contribution in [2.24, 2.45) is 0 Å². The van der Waals surface area contributed by atoms with Crippen LogP contribution < -0.4 is 10.5 Å². The molecule has 0 aliphatic rings. The Labute approximate surface area is 97.6 Å². The van der Waals surface area contributed by atoms with Gasteiger partial charge in [-0.25, -0.2) is 0 Å². The van der Waals surface area contributed by atoms with Gasteiger partial charge in [0.1, 0.15) is 11.5 Å². The number of nitrogens with two attached hydrogens (primary N) is 1. The number of benzene rings is 2. The van der Waals surface area contributed by atoms with Crippen molar-refractivity contribution in [2.75, 3.05) is 5.73 Å². The lowest BCUT2D eigenvalue weighted by Gasteiger charge is -2.07. The zero-order valence-electron chi connectivity index (χ0n) is 8.87. The summed E-state index contributed by atoms with van der Waals surface area (Å²) in [5.74, 6) is 1.04. The summed E-state index contributed by atoms with van der Waals surface area (Å²) in [4.78, 5) is 10.0. The lowest BCUT2D eigenvalue weighted by molar-refractivity contribution is -0.384. The predicted molar refractivity (Wildman–Crippen MR) is 64.0 cm³/mol. The van der Waals surface area contributed by atoms with Crippen molar-refractivity contribution in [3.05, 3.63) is 58.6 Å². The Kier molecular flexibility index (Phi) is 2.91. The second kappa shape index (κ2) is 4.52. The van der Waals surface area contributed by atoms with Gasteiger partial charge in [-0.05, 0) is 24.3 Å². The van der Waals surface area contributed by atoms with Gasteiger partial charge in [-0.1, -0.05) is 12.1 Å². The van der Waals surface area contributed by atoms with Gasteiger partial charge in [0, 0.05) is 12.1 Å². The second-order valence-electron chi connectivity index (χ2n) is 3.39. The van der Waals surface area contributed by atoms with Crippen LogP contribution >= 0.6 is 0 Å². The van der Waals surface area contributed by atoms with Gasteiger partial charge < -0.3 is 10.5 Å². The van der Waals surface area contributed by atoms with Crippen molar-refractivity contribution in [1.29, 1.82) is 0 Å². The molecule has 2 N–H and O–H groups in total. The van der Waals surface area contributed by atoms with Crippen LogP contribution in [0.1, 0.15) is 0 Å². The zero-order chi connectivity index (χ0) is 12.3. The minimum atomic E-state index is -0.458. The number of ether oxygens (including phenoxy) is 1. The van der Waals surface area contributed by atoms with E-state index in [1.165, 1.54) is 24.3 Å². The van der Waals surface area contributed by atoms with Gasteiger partial charge in [0.2, 0.25) is 0 Å². The number of nitrogens with zero attached hydrogens (tertiary/aromatic N) is 1. The zero-order valence-corrected chi connectivity index (χ0v) is 8.87. The van der Waals surface area contributed by atoms with Crippen molar-refractivity contribution in [2.45, 2.75) is 0 Å². The first kappa shape index (κ1) is 10.9. The Morgan fingerprint density at radius 1 is 1.06 bits per heavy atom. The first-order valence-electron chi connectivity index (χ1n) is 4.93. The molecule has 0 amide bonds. The SMILES string of the molecule is Nc1ccccc1Oc1ccc([N+](=O)[O-])cc1. The summed E-state index contributed by atoms with van der Waals surface area (Å²) in [6.45, 7) is 0. The number of nitrogen functional groups attached to an aromatic ring is 1. The first-order chi connectivity index (χ1) is 8.16. The Hall–Kier alpha value is -2.56. The summed E-state index contributed by atoms with van der Waals surface area (Å²) in [6.07, 6.45) is 0. The van der Waals surface area contributed by atoms with Crippen molar-refractivity contribution in [1.82, 2.24) is 0 Å². The number of hydrogen-bond acceptors (Lipinski definition) is 4. The molecular formula is C12H10N2O3. The van der Waals surface area contributed by atoms with Gasteiger partial charge in [-0.3, -0.25) is 10.1 Å². The molecule has 0 aromatic heterocycles. The monoisotopic (exact) mass is 230 g/mol. The van der Waals surface area contributed by atoms with E-state index in [1.807, 2.05) is 0 Å². The number of nitro groups is 1. The van der Waals surface area contributed by atoms with Crippen LogP contribution in [0.25, 0.3) is 0 Å². The third kappa shape index (κ3) is 2.52. The fourth-order valence-corrected chi connectivity index (χ4v) is 1.34. The smallest absolute Gasteiger partial charge is 0.269 e. The van der Waals surface area contributed by atoms with Crippen molar-refractivity contribution in [3.63, 3.8) is 0 Å². The molecule has 0 saturated heterocycles. The van der Waals surface area contributed by atoms with Crippen LogP contribution in [0, 0.1) is 10.1 Å². The summed E-state index contributed by atoms with van der Waals surface area (Å²) >= 11 is 0. The molecule has 0 saturated carbocycles. The van der Waals surface area contributed by atoms with Crippen LogP contribution in [0.5, 0.6) is 11.5 Å². The Morgan fingerprint density at radius 2 is 1.71 bits per heavy atom. The Morgan fingerprint density at radius 3 is 2.29 bits per heavy atom. The molecule has 0 bridgehead atoms. The van der Waals surface area contributed by atoms with Crippen molar-refractivity contribution in [3.8, 4) is 11.5 Å². The summed E-state index contributed by atoms with van der Waals surface area (Å²) in [5.41, 5.74) is 6.26. The van der Waals surface area contributed by atoms with Crippen LogP contribution in [0.3, 0.4) is 0 Å². The molecule has 2 aromatic rings. The predicted octanol–water partition coefficient (Wildman–Crippen LogP) is 2.97. The van der Waals surface area contributed by atoms with E-state index < -0.39 is 4.92 Å². The number of para-hydroxylation sites is 2. The summed E-state index contributed by atoms with van der Waals surface area (Å²) < 4.78 is 5.50. The maximum absolute atomic E-state index is 10.5. The van der Waals surface area contributed by atoms with Gasteiger partial charge in [0.05, 0.1) is 10.6 Å². The molecule has 0 spiro atoms. The van der Waals surface area contributed by atoms with E-state index in [1.54, 1.807) is 24.3 Å². The minimum Gasteiger partial charge on any atom is -0.455 e.